The van der Waals surface area contributed by atoms with E-state index in [-0.39, 0.29) is 34.0 Å². The van der Waals surface area contributed by atoms with Crippen molar-refractivity contribution in [2.24, 2.45) is 0 Å². The normalized spacial score (nSPS) is 17.1. The molecule has 0 spiro atoms. The molecule has 2 aliphatic heterocycles. The van der Waals surface area contributed by atoms with Crippen molar-refractivity contribution in [3.63, 3.8) is 0 Å². The van der Waals surface area contributed by atoms with Gasteiger partial charge < -0.3 is 24.1 Å². The molecule has 8 rings (SSSR count). The maximum atomic E-state index is 14.7. The number of terminal acetylenes is 1. The van der Waals surface area contributed by atoms with Crippen LogP contribution in [0.15, 0.2) is 57.9 Å². The Morgan fingerprint density at radius 1 is 1.18 bits per heavy atom. The molecular weight excluding hydrogens is 640 g/mol. The van der Waals surface area contributed by atoms with Gasteiger partial charge in [0.1, 0.15) is 28.9 Å². The number of ether oxygens (including phenoxy) is 1. The number of anilines is 1. The van der Waals surface area contributed by atoms with Gasteiger partial charge in [0.05, 0.1) is 18.2 Å². The number of aromatic amines is 1. The predicted octanol–water partition coefficient (Wildman–Crippen LogP) is 7.16. The van der Waals surface area contributed by atoms with E-state index >= 15 is 0 Å². The van der Waals surface area contributed by atoms with Crippen molar-refractivity contribution in [3.8, 4) is 35.4 Å². The van der Waals surface area contributed by atoms with Gasteiger partial charge in [0, 0.05) is 59.8 Å². The minimum absolute atomic E-state index is 0.00528. The van der Waals surface area contributed by atoms with Crippen LogP contribution in [0.2, 0.25) is 0 Å². The third-order valence-corrected chi connectivity index (χ3v) is 9.74. The van der Waals surface area contributed by atoms with E-state index in [1.807, 2.05) is 37.2 Å². The number of nitrogens with one attached hydrogen (secondary N) is 1. The lowest BCUT2D eigenvalue weighted by Gasteiger charge is -2.20. The molecule has 2 atom stereocenters. The van der Waals surface area contributed by atoms with Crippen molar-refractivity contribution in [1.82, 2.24) is 19.9 Å². The van der Waals surface area contributed by atoms with Gasteiger partial charge in [-0.1, -0.05) is 23.6 Å². The summed E-state index contributed by atoms with van der Waals surface area (Å²) >= 11 is 0. The molecule has 0 saturated carbocycles. The Bertz CT molecular complexity index is 2370. The average Bonchev–Trinajstić information content (AvgIpc) is 3.80. The van der Waals surface area contributed by atoms with E-state index in [1.165, 1.54) is 44.2 Å². The fourth-order valence-corrected chi connectivity index (χ4v) is 7.37. The quantitative estimate of drug-likeness (QED) is 0.185. The molecule has 3 aromatic heterocycles. The van der Waals surface area contributed by atoms with Crippen molar-refractivity contribution in [2.45, 2.75) is 51.9 Å². The number of phenolic OH excluding ortho intramolecular Hbond substituents is 1. The maximum Gasteiger partial charge on any atom is 0.349 e. The first-order valence-corrected chi connectivity index (χ1v) is 16.5. The Labute approximate surface area is 287 Å². The summed E-state index contributed by atoms with van der Waals surface area (Å²) in [5, 5.41) is 12.5. The minimum Gasteiger partial charge on any atom is -0.508 e. The number of aryl methyl sites for hydroxylation is 2. The van der Waals surface area contributed by atoms with Crippen LogP contribution in [-0.4, -0.2) is 64.4 Å². The molecule has 2 saturated heterocycles. The van der Waals surface area contributed by atoms with Gasteiger partial charge in [0.15, 0.2) is 5.82 Å². The summed E-state index contributed by atoms with van der Waals surface area (Å²) in [6.07, 6.45) is 10.4. The number of hydrogen-bond donors (Lipinski definition) is 2. The molecule has 2 N–H and O–H groups in total. The number of H-pyrrole nitrogens is 1. The van der Waals surface area contributed by atoms with Crippen LogP contribution in [0.25, 0.3) is 43.9 Å². The van der Waals surface area contributed by atoms with Crippen LogP contribution in [0.1, 0.15) is 41.5 Å². The fraction of sp³-hybridized carbons (Fsp3) is 0.308. The molecule has 0 bridgehead atoms. The molecule has 2 aliphatic rings. The third-order valence-electron chi connectivity index (χ3n) is 9.74. The summed E-state index contributed by atoms with van der Waals surface area (Å²) in [6, 6.07) is 12.4. The number of methoxy groups -OCH3 is 1. The lowest BCUT2D eigenvalue weighted by molar-refractivity contribution is 0.292. The van der Waals surface area contributed by atoms with E-state index in [0.29, 0.717) is 46.8 Å². The molecule has 11 heteroatoms. The molecule has 256 valence electrons. The van der Waals surface area contributed by atoms with Crippen LogP contribution in [0, 0.1) is 32.0 Å². The molecule has 0 radical (unpaired) electrons. The first-order valence-electron chi connectivity index (χ1n) is 16.5. The molecule has 50 heavy (non-hydrogen) atoms. The van der Waals surface area contributed by atoms with E-state index in [1.54, 1.807) is 6.92 Å². The van der Waals surface area contributed by atoms with Crippen molar-refractivity contribution >= 4 is 38.4 Å². The third kappa shape index (κ3) is 5.90. The van der Waals surface area contributed by atoms with Crippen molar-refractivity contribution in [1.29, 1.82) is 0 Å². The second-order valence-electron chi connectivity index (χ2n) is 13.1. The molecule has 2 fully saturated rings. The van der Waals surface area contributed by atoms with Gasteiger partial charge in [-0.05, 0) is 80.9 Å². The Hall–Kier alpha value is -5.47. The monoisotopic (exact) mass is 677 g/mol. The van der Waals surface area contributed by atoms with E-state index in [9.17, 15) is 18.7 Å². The summed E-state index contributed by atoms with van der Waals surface area (Å²) in [7, 11) is 3.27. The van der Waals surface area contributed by atoms with E-state index < -0.39 is 17.6 Å². The number of nitrogens with zero attached hydrogens (tertiary/aromatic N) is 4. The van der Waals surface area contributed by atoms with Crippen molar-refractivity contribution in [2.75, 3.05) is 32.1 Å². The number of aromatic nitrogens is 3. The topological polar surface area (TPSA) is 108 Å². The Balaban J connectivity index is 0.000000375. The standard InChI is InChI=1S/C32H25FN4O4.C7H12FN/c1-6-21-24(33)9-8-18-12-20(38)13-23(26(18)21)29-17(3)28-27(31(39)41-29)30(36-32(35-28)40-5)37(4)15-19-14-34-25-10-7-16(2)11-22(19)25;8-6-4-7-2-1-3-9(7)5-6/h1,7-14,34,38H,15H2,2-5H3;6-7H,1-5H2. The van der Waals surface area contributed by atoms with Crippen LogP contribution in [-0.2, 0) is 6.54 Å². The number of phenols is 1. The SMILES string of the molecule is C#Cc1c(F)ccc2cc(O)cc(-c3oc(=O)c4c(N(C)Cc5c[nH]c6ccc(C)cc56)nc(OC)nc4c3C)c12.FC1CC2CCCN2C1. The molecule has 6 aromatic rings. The second kappa shape index (κ2) is 13.1. The summed E-state index contributed by atoms with van der Waals surface area (Å²) < 4.78 is 38.6. The number of halogens is 2. The number of alkyl halides is 1. The van der Waals surface area contributed by atoms with E-state index in [4.69, 9.17) is 15.6 Å². The van der Waals surface area contributed by atoms with Gasteiger partial charge in [-0.2, -0.15) is 9.97 Å². The zero-order valence-corrected chi connectivity index (χ0v) is 28.3. The summed E-state index contributed by atoms with van der Waals surface area (Å²) in [5.41, 5.74) is 3.49. The smallest absolute Gasteiger partial charge is 0.349 e. The number of benzene rings is 3. The highest BCUT2D eigenvalue weighted by atomic mass is 19.1. The summed E-state index contributed by atoms with van der Waals surface area (Å²) in [4.78, 5) is 30.1. The van der Waals surface area contributed by atoms with Gasteiger partial charge >= 0.3 is 11.6 Å². The van der Waals surface area contributed by atoms with E-state index in [0.717, 1.165) is 35.0 Å². The van der Waals surface area contributed by atoms with Gasteiger partial charge in [0.2, 0.25) is 0 Å². The highest BCUT2D eigenvalue weighted by Gasteiger charge is 2.34. The van der Waals surface area contributed by atoms with Crippen LogP contribution < -0.4 is 15.3 Å². The maximum absolute atomic E-state index is 14.7. The second-order valence-corrected chi connectivity index (χ2v) is 13.1. The molecule has 9 nitrogen and oxygen atoms in total. The Morgan fingerprint density at radius 2 is 2.00 bits per heavy atom. The van der Waals surface area contributed by atoms with Gasteiger partial charge in [-0.3, -0.25) is 4.90 Å². The zero-order chi connectivity index (χ0) is 35.3. The van der Waals surface area contributed by atoms with E-state index in [2.05, 4.69) is 31.8 Å². The first kappa shape index (κ1) is 33.0. The Morgan fingerprint density at radius 3 is 2.76 bits per heavy atom. The largest absolute Gasteiger partial charge is 0.508 e. The zero-order valence-electron chi connectivity index (χ0n) is 28.3. The van der Waals surface area contributed by atoms with Gasteiger partial charge in [0.25, 0.3) is 0 Å². The van der Waals surface area contributed by atoms with Crippen molar-refractivity contribution in [3.05, 3.63) is 87.2 Å². The average molecular weight is 678 g/mol. The van der Waals surface area contributed by atoms with Crippen LogP contribution in [0.5, 0.6) is 11.8 Å². The number of aromatic hydroxyl groups is 1. The number of hydrogen-bond acceptors (Lipinski definition) is 8. The molecule has 3 aromatic carbocycles. The highest BCUT2D eigenvalue weighted by Crippen LogP contribution is 2.39. The first-order chi connectivity index (χ1) is 24.1. The van der Waals surface area contributed by atoms with Crippen molar-refractivity contribution < 1.29 is 23.0 Å². The predicted molar refractivity (Wildman–Crippen MR) is 191 cm³/mol. The summed E-state index contributed by atoms with van der Waals surface area (Å²) in [6.45, 7) is 6.05. The number of rotatable bonds is 5. The van der Waals surface area contributed by atoms with Gasteiger partial charge in [-0.25, -0.2) is 13.6 Å². The highest BCUT2D eigenvalue weighted by molar-refractivity contribution is 6.03. The van der Waals surface area contributed by atoms with Crippen LogP contribution in [0.3, 0.4) is 0 Å². The fourth-order valence-electron chi connectivity index (χ4n) is 7.37. The van der Waals surface area contributed by atoms with Gasteiger partial charge in [-0.15, -0.1) is 6.42 Å². The molecular formula is C39H37F2N5O4. The van der Waals surface area contributed by atoms with Crippen LogP contribution in [0.4, 0.5) is 14.6 Å². The number of fused-ring (bicyclic) bond motifs is 4. The molecule has 0 amide bonds. The Kier molecular flexibility index (Phi) is 8.66. The molecule has 5 heterocycles. The summed E-state index contributed by atoms with van der Waals surface area (Å²) in [5.74, 6) is 2.12. The molecule has 2 unspecified atom stereocenters. The van der Waals surface area contributed by atoms with Crippen LogP contribution >= 0.6 is 0 Å². The lowest BCUT2D eigenvalue weighted by Crippen LogP contribution is -2.22. The molecule has 0 aliphatic carbocycles. The minimum atomic E-state index is -0.699. The lowest BCUT2D eigenvalue weighted by atomic mass is 9.95.